The van der Waals surface area contributed by atoms with Crippen molar-refractivity contribution < 1.29 is 4.79 Å². The highest BCUT2D eigenvalue weighted by atomic mass is 16.1. The number of anilines is 1. The predicted molar refractivity (Wildman–Crippen MR) is 69.5 cm³/mol. The van der Waals surface area contributed by atoms with E-state index in [1.165, 1.54) is 0 Å². The maximum Gasteiger partial charge on any atom is 0.251 e. The van der Waals surface area contributed by atoms with Gasteiger partial charge in [-0.25, -0.2) is 0 Å². The Balaban J connectivity index is 2.19. The van der Waals surface area contributed by atoms with Crippen molar-refractivity contribution in [3.8, 4) is 0 Å². The van der Waals surface area contributed by atoms with Crippen molar-refractivity contribution in [1.82, 2.24) is 10.6 Å². The molecular weight excluding hydrogens is 214 g/mol. The first-order chi connectivity index (χ1) is 8.22. The van der Waals surface area contributed by atoms with Crippen molar-refractivity contribution in [2.24, 2.45) is 0 Å². The number of benzene rings is 1. The van der Waals surface area contributed by atoms with E-state index in [0.29, 0.717) is 6.04 Å². The normalized spacial score (nSPS) is 19.1. The van der Waals surface area contributed by atoms with Crippen molar-refractivity contribution in [2.45, 2.75) is 19.4 Å². The molecule has 0 aromatic heterocycles. The third-order valence-corrected chi connectivity index (χ3v) is 3.23. The average molecular weight is 233 g/mol. The molecule has 17 heavy (non-hydrogen) atoms. The van der Waals surface area contributed by atoms with Crippen LogP contribution in [0.25, 0.3) is 0 Å². The molecule has 4 nitrogen and oxygen atoms in total. The summed E-state index contributed by atoms with van der Waals surface area (Å²) in [4.78, 5) is 11.7. The van der Waals surface area contributed by atoms with Crippen molar-refractivity contribution >= 4 is 11.6 Å². The van der Waals surface area contributed by atoms with Gasteiger partial charge in [0.2, 0.25) is 0 Å². The summed E-state index contributed by atoms with van der Waals surface area (Å²) in [6.45, 7) is 4.03. The van der Waals surface area contributed by atoms with Crippen LogP contribution in [0, 0.1) is 6.92 Å². The number of carbonyl (C=O) groups is 1. The molecule has 0 bridgehead atoms. The van der Waals surface area contributed by atoms with E-state index < -0.39 is 0 Å². The minimum Gasteiger partial charge on any atom is -0.381 e. The molecule has 4 heteroatoms. The second-order valence-corrected chi connectivity index (χ2v) is 4.39. The molecule has 1 fully saturated rings. The Morgan fingerprint density at radius 1 is 1.47 bits per heavy atom. The molecule has 1 atom stereocenters. The summed E-state index contributed by atoms with van der Waals surface area (Å²) in [6.07, 6.45) is 1.13. The predicted octanol–water partition coefficient (Wildman–Crippen LogP) is 1.13. The molecule has 1 aliphatic rings. The monoisotopic (exact) mass is 233 g/mol. The minimum absolute atomic E-state index is 0.0318. The summed E-state index contributed by atoms with van der Waals surface area (Å²) in [5.41, 5.74) is 2.81. The second-order valence-electron chi connectivity index (χ2n) is 4.39. The highest BCUT2D eigenvalue weighted by Gasteiger charge is 2.16. The van der Waals surface area contributed by atoms with Gasteiger partial charge in [-0.15, -0.1) is 0 Å². The Morgan fingerprint density at radius 3 is 2.94 bits per heavy atom. The van der Waals surface area contributed by atoms with E-state index in [2.05, 4.69) is 16.0 Å². The Kier molecular flexibility index (Phi) is 3.64. The standard InChI is InChI=1S/C13H19N3O/c1-9-11(13(17)14-2)4-3-5-12(9)16-10-6-7-15-8-10/h3-5,10,15-16H,6-8H2,1-2H3,(H,14,17). The van der Waals surface area contributed by atoms with Gasteiger partial charge < -0.3 is 16.0 Å². The van der Waals surface area contributed by atoms with E-state index in [4.69, 9.17) is 0 Å². The molecule has 0 saturated carbocycles. The molecule has 92 valence electrons. The molecule has 1 amide bonds. The fourth-order valence-corrected chi connectivity index (χ4v) is 2.17. The van der Waals surface area contributed by atoms with Crippen LogP contribution in [0.3, 0.4) is 0 Å². The second kappa shape index (κ2) is 5.19. The lowest BCUT2D eigenvalue weighted by atomic mass is 10.1. The number of rotatable bonds is 3. The number of amides is 1. The van der Waals surface area contributed by atoms with Crippen LogP contribution in [0.15, 0.2) is 18.2 Å². The van der Waals surface area contributed by atoms with E-state index >= 15 is 0 Å². The van der Waals surface area contributed by atoms with Gasteiger partial charge in [0.15, 0.2) is 0 Å². The molecular formula is C13H19N3O. The van der Waals surface area contributed by atoms with E-state index in [0.717, 1.165) is 36.3 Å². The molecule has 1 unspecified atom stereocenters. The van der Waals surface area contributed by atoms with Crippen LogP contribution >= 0.6 is 0 Å². The molecule has 3 N–H and O–H groups in total. The number of carbonyl (C=O) groups excluding carboxylic acids is 1. The number of nitrogens with one attached hydrogen (secondary N) is 3. The zero-order valence-electron chi connectivity index (χ0n) is 10.3. The van der Waals surface area contributed by atoms with Crippen LogP contribution in [0.4, 0.5) is 5.69 Å². The van der Waals surface area contributed by atoms with Gasteiger partial charge in [-0.05, 0) is 37.6 Å². The molecule has 0 aliphatic carbocycles. The highest BCUT2D eigenvalue weighted by Crippen LogP contribution is 2.20. The van der Waals surface area contributed by atoms with E-state index in [1.807, 2.05) is 25.1 Å². The summed E-state index contributed by atoms with van der Waals surface area (Å²) >= 11 is 0. The minimum atomic E-state index is -0.0318. The van der Waals surface area contributed by atoms with Crippen LogP contribution in [-0.4, -0.2) is 32.1 Å². The summed E-state index contributed by atoms with van der Waals surface area (Å²) in [5.74, 6) is -0.0318. The molecule has 1 aromatic rings. The molecule has 1 saturated heterocycles. The number of hydrogen-bond acceptors (Lipinski definition) is 3. The van der Waals surface area contributed by atoms with Gasteiger partial charge in [0.1, 0.15) is 0 Å². The van der Waals surface area contributed by atoms with E-state index in [1.54, 1.807) is 7.05 Å². The fourth-order valence-electron chi connectivity index (χ4n) is 2.17. The zero-order valence-corrected chi connectivity index (χ0v) is 10.3. The summed E-state index contributed by atoms with van der Waals surface area (Å²) in [7, 11) is 1.66. The zero-order chi connectivity index (χ0) is 12.3. The maximum atomic E-state index is 11.7. The van der Waals surface area contributed by atoms with Gasteiger partial charge in [-0.3, -0.25) is 4.79 Å². The van der Waals surface area contributed by atoms with E-state index in [9.17, 15) is 4.79 Å². The highest BCUT2D eigenvalue weighted by molar-refractivity contribution is 5.96. The third kappa shape index (κ3) is 2.58. The number of hydrogen-bond donors (Lipinski definition) is 3. The van der Waals surface area contributed by atoms with Crippen molar-refractivity contribution in [1.29, 1.82) is 0 Å². The quantitative estimate of drug-likeness (QED) is 0.733. The van der Waals surface area contributed by atoms with Crippen LogP contribution in [0.5, 0.6) is 0 Å². The molecule has 0 radical (unpaired) electrons. The van der Waals surface area contributed by atoms with Crippen molar-refractivity contribution in [2.75, 3.05) is 25.5 Å². The maximum absolute atomic E-state index is 11.7. The van der Waals surface area contributed by atoms with Crippen LogP contribution in [0.1, 0.15) is 22.3 Å². The van der Waals surface area contributed by atoms with Crippen LogP contribution < -0.4 is 16.0 Å². The van der Waals surface area contributed by atoms with Gasteiger partial charge in [0.05, 0.1) is 0 Å². The van der Waals surface area contributed by atoms with Gasteiger partial charge >= 0.3 is 0 Å². The Morgan fingerprint density at radius 2 is 2.29 bits per heavy atom. The van der Waals surface area contributed by atoms with Gasteiger partial charge in [-0.1, -0.05) is 6.07 Å². The van der Waals surface area contributed by atoms with Crippen LogP contribution in [-0.2, 0) is 0 Å². The smallest absolute Gasteiger partial charge is 0.251 e. The fraction of sp³-hybridized carbons (Fsp3) is 0.462. The SMILES string of the molecule is CNC(=O)c1cccc(NC2CCNC2)c1C. The largest absolute Gasteiger partial charge is 0.381 e. The first kappa shape index (κ1) is 11.9. The molecule has 1 heterocycles. The topological polar surface area (TPSA) is 53.2 Å². The summed E-state index contributed by atoms with van der Waals surface area (Å²) in [5, 5.41) is 9.47. The lowest BCUT2D eigenvalue weighted by Gasteiger charge is -2.16. The summed E-state index contributed by atoms with van der Waals surface area (Å²) in [6, 6.07) is 6.27. The van der Waals surface area contributed by atoms with E-state index in [-0.39, 0.29) is 5.91 Å². The Labute approximate surface area is 102 Å². The molecule has 2 rings (SSSR count). The summed E-state index contributed by atoms with van der Waals surface area (Å²) < 4.78 is 0. The third-order valence-electron chi connectivity index (χ3n) is 3.23. The molecule has 1 aromatic carbocycles. The van der Waals surface area contributed by atoms with Gasteiger partial charge in [-0.2, -0.15) is 0 Å². The van der Waals surface area contributed by atoms with Crippen molar-refractivity contribution in [3.05, 3.63) is 29.3 Å². The first-order valence-corrected chi connectivity index (χ1v) is 6.01. The average Bonchev–Trinajstić information content (AvgIpc) is 2.84. The lowest BCUT2D eigenvalue weighted by molar-refractivity contribution is 0.0962. The van der Waals surface area contributed by atoms with Crippen LogP contribution in [0.2, 0.25) is 0 Å². The Hall–Kier alpha value is -1.55. The van der Waals surface area contributed by atoms with Gasteiger partial charge in [0, 0.05) is 30.9 Å². The Bertz CT molecular complexity index is 411. The van der Waals surface area contributed by atoms with Crippen molar-refractivity contribution in [3.63, 3.8) is 0 Å². The molecule has 1 aliphatic heterocycles. The van der Waals surface area contributed by atoms with Gasteiger partial charge in [0.25, 0.3) is 5.91 Å². The molecule has 0 spiro atoms. The lowest BCUT2D eigenvalue weighted by Crippen LogP contribution is -2.24. The first-order valence-electron chi connectivity index (χ1n) is 6.01.